The number of carboxylic acid groups (broad SMARTS) is 1. The summed E-state index contributed by atoms with van der Waals surface area (Å²) in [5.41, 5.74) is -0.735. The summed E-state index contributed by atoms with van der Waals surface area (Å²) >= 11 is 1.27. The Labute approximate surface area is 219 Å². The van der Waals surface area contributed by atoms with Crippen LogP contribution in [0.2, 0.25) is 0 Å². The summed E-state index contributed by atoms with van der Waals surface area (Å²) in [4.78, 5) is 65.2. The van der Waals surface area contributed by atoms with Crippen LogP contribution >= 0.6 is 11.8 Å². The number of rotatable bonds is 6. The third kappa shape index (κ3) is 4.20. The average molecular weight is 540 g/mol. The van der Waals surface area contributed by atoms with Gasteiger partial charge in [-0.3, -0.25) is 19.2 Å². The van der Waals surface area contributed by atoms with E-state index in [0.717, 1.165) is 18.4 Å². The molecular weight excluding hydrogens is 517 g/mol. The van der Waals surface area contributed by atoms with Gasteiger partial charge in [0.15, 0.2) is 0 Å². The number of hydrogen-bond acceptors (Lipinski definition) is 7. The van der Waals surface area contributed by atoms with E-state index >= 15 is 0 Å². The Morgan fingerprint density at radius 1 is 1.13 bits per heavy atom. The van der Waals surface area contributed by atoms with Gasteiger partial charge in [-0.2, -0.15) is 0 Å². The van der Waals surface area contributed by atoms with E-state index in [1.807, 2.05) is 0 Å². The lowest BCUT2D eigenvalue weighted by molar-refractivity contribution is -0.161. The molecule has 0 aliphatic carbocycles. The van der Waals surface area contributed by atoms with E-state index in [2.05, 4.69) is 10.6 Å². The minimum atomic E-state index is -1.30. The molecule has 2 fully saturated rings. The Bertz CT molecular complexity index is 1540. The number of fused-ring (bicyclic) bond motifs is 2. The Morgan fingerprint density at radius 2 is 1.84 bits per heavy atom. The zero-order chi connectivity index (χ0) is 27.4. The number of nitrogens with zero attached hydrogens (tertiary/aromatic N) is 1. The van der Waals surface area contributed by atoms with E-state index in [-0.39, 0.29) is 11.0 Å². The molecule has 10 nitrogen and oxygen atoms in total. The zero-order valence-corrected chi connectivity index (χ0v) is 21.0. The predicted octanol–water partition coefficient (Wildman–Crippen LogP) is 2.03. The second-order valence-corrected chi connectivity index (χ2v) is 11.3. The highest BCUT2D eigenvalue weighted by Gasteiger charge is 2.64. The molecule has 2 saturated heterocycles. The summed E-state index contributed by atoms with van der Waals surface area (Å²) in [5.74, 6) is -4.01. The van der Waals surface area contributed by atoms with Gasteiger partial charge in [-0.25, -0.2) is 9.18 Å². The van der Waals surface area contributed by atoms with Crippen molar-refractivity contribution in [1.82, 2.24) is 15.5 Å². The van der Waals surface area contributed by atoms with Gasteiger partial charge in [-0.15, -0.1) is 11.8 Å². The number of halogens is 1. The van der Waals surface area contributed by atoms with Crippen molar-refractivity contribution in [2.45, 2.75) is 42.1 Å². The predicted molar refractivity (Wildman–Crippen MR) is 135 cm³/mol. The van der Waals surface area contributed by atoms with Crippen LogP contribution in [0.15, 0.2) is 64.0 Å². The SMILES string of the molecule is CC1(C)S[C@@H]2[C@H](NC(=O)C(NC(=O)c3coc4ccc(F)cc4c3=O)c3ccccc3)C(=O)N2[C@H]1C(=O)O. The topological polar surface area (TPSA) is 146 Å². The molecule has 2 aliphatic rings. The zero-order valence-electron chi connectivity index (χ0n) is 20.1. The lowest BCUT2D eigenvalue weighted by Gasteiger charge is -2.44. The summed E-state index contributed by atoms with van der Waals surface area (Å²) < 4.78 is 18.2. The van der Waals surface area contributed by atoms with Gasteiger partial charge in [0.05, 0.1) is 5.39 Å². The van der Waals surface area contributed by atoms with Gasteiger partial charge in [0.2, 0.25) is 17.2 Å². The maximum atomic E-state index is 13.7. The van der Waals surface area contributed by atoms with Crippen molar-refractivity contribution >= 4 is 46.4 Å². The van der Waals surface area contributed by atoms with Crippen LogP contribution < -0.4 is 16.1 Å². The number of nitrogens with one attached hydrogen (secondary N) is 2. The number of β-lactam (4-membered cyclic amide) rings is 1. The molecule has 0 spiro atoms. The van der Waals surface area contributed by atoms with Crippen LogP contribution in [0.5, 0.6) is 0 Å². The summed E-state index contributed by atoms with van der Waals surface area (Å²) in [6, 6.07) is 8.20. The van der Waals surface area contributed by atoms with Gasteiger partial charge < -0.3 is 25.1 Å². The van der Waals surface area contributed by atoms with Crippen LogP contribution in [-0.4, -0.2) is 55.9 Å². The molecule has 1 aromatic heterocycles. The summed E-state index contributed by atoms with van der Waals surface area (Å²) in [6.45, 7) is 3.43. The first-order valence-corrected chi connectivity index (χ1v) is 12.5. The molecule has 0 saturated carbocycles. The molecular formula is C26H22FN3O7S. The third-order valence-electron chi connectivity index (χ3n) is 6.62. The Hall–Kier alpha value is -4.19. The number of benzene rings is 2. The van der Waals surface area contributed by atoms with Crippen molar-refractivity contribution in [1.29, 1.82) is 0 Å². The van der Waals surface area contributed by atoms with Crippen LogP contribution in [0.1, 0.15) is 35.8 Å². The fourth-order valence-electron chi connectivity index (χ4n) is 4.80. The van der Waals surface area contributed by atoms with Crippen molar-refractivity contribution < 1.29 is 33.1 Å². The fourth-order valence-corrected chi connectivity index (χ4v) is 6.42. The number of amides is 3. The molecule has 3 aromatic rings. The maximum Gasteiger partial charge on any atom is 0.327 e. The third-order valence-corrected chi connectivity index (χ3v) is 8.19. The number of carboxylic acids is 1. The molecule has 12 heteroatoms. The molecule has 2 aromatic carbocycles. The lowest BCUT2D eigenvalue weighted by atomic mass is 9.95. The first kappa shape index (κ1) is 25.5. The van der Waals surface area contributed by atoms with Crippen molar-refractivity contribution in [3.05, 3.63) is 82.0 Å². The molecule has 3 N–H and O–H groups in total. The summed E-state index contributed by atoms with van der Waals surface area (Å²) in [5, 5.41) is 14.0. The second-order valence-electron chi connectivity index (χ2n) is 9.52. The molecule has 3 heterocycles. The Kier molecular flexibility index (Phi) is 6.22. The smallest absolute Gasteiger partial charge is 0.327 e. The quantitative estimate of drug-likeness (QED) is 0.404. The molecule has 2 aliphatic heterocycles. The van der Waals surface area contributed by atoms with Crippen LogP contribution in [0, 0.1) is 5.82 Å². The highest BCUT2D eigenvalue weighted by atomic mass is 32.2. The largest absolute Gasteiger partial charge is 0.480 e. The highest BCUT2D eigenvalue weighted by molar-refractivity contribution is 8.01. The Morgan fingerprint density at radius 3 is 2.53 bits per heavy atom. The highest BCUT2D eigenvalue weighted by Crippen LogP contribution is 2.50. The van der Waals surface area contributed by atoms with Gasteiger partial charge >= 0.3 is 5.97 Å². The van der Waals surface area contributed by atoms with Gasteiger partial charge in [-0.1, -0.05) is 30.3 Å². The van der Waals surface area contributed by atoms with Crippen molar-refractivity contribution in [3.63, 3.8) is 0 Å². The first-order valence-electron chi connectivity index (χ1n) is 11.6. The van der Waals surface area contributed by atoms with Crippen LogP contribution in [-0.2, 0) is 14.4 Å². The lowest BCUT2D eigenvalue weighted by Crippen LogP contribution is -2.71. The van der Waals surface area contributed by atoms with Crippen molar-refractivity contribution in [3.8, 4) is 0 Å². The van der Waals surface area contributed by atoms with Crippen molar-refractivity contribution in [2.75, 3.05) is 0 Å². The number of hydrogen-bond donors (Lipinski definition) is 3. The summed E-state index contributed by atoms with van der Waals surface area (Å²) in [6.07, 6.45) is 0.939. The van der Waals surface area contributed by atoms with E-state index in [1.165, 1.54) is 22.7 Å². The molecule has 1 unspecified atom stereocenters. The van der Waals surface area contributed by atoms with Gasteiger partial charge in [0, 0.05) is 4.75 Å². The second kappa shape index (κ2) is 9.28. The Balaban J connectivity index is 1.40. The van der Waals surface area contributed by atoms with E-state index < -0.39 is 68.7 Å². The van der Waals surface area contributed by atoms with Gasteiger partial charge in [-0.05, 0) is 37.6 Å². The number of carbonyl (C=O) groups excluding carboxylic acids is 3. The average Bonchev–Trinajstić information content (AvgIpc) is 3.14. The molecule has 0 bridgehead atoms. The van der Waals surface area contributed by atoms with Gasteiger partial charge in [0.25, 0.3) is 5.91 Å². The van der Waals surface area contributed by atoms with E-state index in [4.69, 9.17) is 4.42 Å². The van der Waals surface area contributed by atoms with Crippen LogP contribution in [0.4, 0.5) is 4.39 Å². The van der Waals surface area contributed by atoms with Crippen molar-refractivity contribution in [2.24, 2.45) is 0 Å². The van der Waals surface area contributed by atoms with Crippen LogP contribution in [0.3, 0.4) is 0 Å². The minimum Gasteiger partial charge on any atom is -0.480 e. The van der Waals surface area contributed by atoms with Crippen LogP contribution in [0.25, 0.3) is 11.0 Å². The number of thioether (sulfide) groups is 1. The number of aliphatic carboxylic acids is 1. The molecule has 3 amide bonds. The standard InChI is InChI=1S/C26H22FN3O7S/c1-26(2)20(25(35)36)30-23(34)18(24(30)38-26)29-22(33)17(12-6-4-3-5-7-12)28-21(32)15-11-37-16-9-8-13(27)10-14(16)19(15)31/h3-11,17-18,20,24H,1-2H3,(H,28,32)(H,29,33)(H,35,36)/t17?,18-,20+,24-/m1/s1. The molecule has 4 atom stereocenters. The maximum absolute atomic E-state index is 13.7. The normalized spacial score (nSPS) is 22.3. The van der Waals surface area contributed by atoms with E-state index in [1.54, 1.807) is 44.2 Å². The molecule has 196 valence electrons. The molecule has 38 heavy (non-hydrogen) atoms. The summed E-state index contributed by atoms with van der Waals surface area (Å²) in [7, 11) is 0. The first-order chi connectivity index (χ1) is 18.0. The fraction of sp³-hybridized carbons (Fsp3) is 0.269. The number of carbonyl (C=O) groups is 4. The molecule has 0 radical (unpaired) electrons. The monoisotopic (exact) mass is 539 g/mol. The van der Waals surface area contributed by atoms with Gasteiger partial charge in [0.1, 0.15) is 46.7 Å². The van der Waals surface area contributed by atoms with E-state index in [0.29, 0.717) is 5.56 Å². The molecule has 5 rings (SSSR count). The minimum absolute atomic E-state index is 0.0926. The van der Waals surface area contributed by atoms with E-state index in [9.17, 15) is 33.5 Å².